The van der Waals surface area contributed by atoms with Gasteiger partial charge in [0.1, 0.15) is 6.17 Å². The number of likely N-dealkylation sites (tertiary alicyclic amines) is 1. The molecule has 0 aliphatic carbocycles. The number of ether oxygens (including phenoxy) is 1. The molecule has 2 unspecified atom stereocenters. The van der Waals surface area contributed by atoms with Crippen molar-refractivity contribution in [1.29, 1.82) is 0 Å². The van der Waals surface area contributed by atoms with Crippen molar-refractivity contribution < 1.29 is 13.9 Å². The first-order valence-electron chi connectivity index (χ1n) is 7.74. The van der Waals surface area contributed by atoms with Gasteiger partial charge in [-0.2, -0.15) is 0 Å². The van der Waals surface area contributed by atoms with E-state index in [0.717, 1.165) is 39.0 Å². The van der Waals surface area contributed by atoms with E-state index in [1.54, 1.807) is 0 Å². The van der Waals surface area contributed by atoms with E-state index in [4.69, 9.17) is 4.74 Å². The van der Waals surface area contributed by atoms with Crippen LogP contribution in [0.1, 0.15) is 46.5 Å². The molecule has 0 aromatic carbocycles. The van der Waals surface area contributed by atoms with Crippen LogP contribution in [0.5, 0.6) is 0 Å². The van der Waals surface area contributed by atoms with E-state index in [0.29, 0.717) is 19.1 Å². The second-order valence-electron chi connectivity index (χ2n) is 5.89. The molecule has 1 N–H and O–H groups in total. The van der Waals surface area contributed by atoms with Gasteiger partial charge in [0, 0.05) is 26.6 Å². The lowest BCUT2D eigenvalue weighted by Gasteiger charge is -2.34. The van der Waals surface area contributed by atoms with Crippen LogP contribution >= 0.6 is 0 Å². The van der Waals surface area contributed by atoms with Crippen molar-refractivity contribution in [1.82, 2.24) is 10.2 Å². The van der Waals surface area contributed by atoms with E-state index in [9.17, 15) is 9.18 Å². The highest BCUT2D eigenvalue weighted by molar-refractivity contribution is 5.73. The quantitative estimate of drug-likeness (QED) is 0.696. The molecule has 1 amide bonds. The van der Waals surface area contributed by atoms with Gasteiger partial charge < -0.3 is 15.0 Å². The molecule has 0 spiro atoms. The number of hydrogen-bond donors (Lipinski definition) is 1. The van der Waals surface area contributed by atoms with Crippen LogP contribution in [0, 0.1) is 0 Å². The predicted octanol–water partition coefficient (Wildman–Crippen LogP) is 2.13. The maximum Gasteiger partial charge on any atom is 0.217 e. The van der Waals surface area contributed by atoms with Crippen LogP contribution in [0.3, 0.4) is 0 Å². The van der Waals surface area contributed by atoms with Gasteiger partial charge in [-0.3, -0.25) is 4.79 Å². The number of alkyl halides is 1. The smallest absolute Gasteiger partial charge is 0.217 e. The summed E-state index contributed by atoms with van der Waals surface area (Å²) in [6, 6.07) is -0.303. The van der Waals surface area contributed by atoms with Crippen LogP contribution in [0.2, 0.25) is 0 Å². The summed E-state index contributed by atoms with van der Waals surface area (Å²) >= 11 is 0. The van der Waals surface area contributed by atoms with Crippen molar-refractivity contribution in [2.24, 2.45) is 0 Å². The molecular formula is C15H29FN2O2. The highest BCUT2D eigenvalue weighted by Gasteiger charge is 2.29. The summed E-state index contributed by atoms with van der Waals surface area (Å²) in [6.45, 7) is 8.59. The molecule has 1 saturated heterocycles. The first-order valence-corrected chi connectivity index (χ1v) is 7.74. The highest BCUT2D eigenvalue weighted by atomic mass is 19.1. The Morgan fingerprint density at radius 3 is 2.75 bits per heavy atom. The molecule has 1 heterocycles. The second-order valence-corrected chi connectivity index (χ2v) is 5.89. The molecule has 1 fully saturated rings. The Morgan fingerprint density at radius 1 is 1.40 bits per heavy atom. The number of unbranched alkanes of at least 4 members (excludes halogenated alkanes) is 2. The topological polar surface area (TPSA) is 41.6 Å². The third-order valence-corrected chi connectivity index (χ3v) is 3.58. The number of carbonyl (C=O) groups is 1. The minimum Gasteiger partial charge on any atom is -0.379 e. The summed E-state index contributed by atoms with van der Waals surface area (Å²) in [5, 5.41) is 2.69. The van der Waals surface area contributed by atoms with Crippen LogP contribution in [-0.2, 0) is 9.53 Å². The fourth-order valence-electron chi connectivity index (χ4n) is 2.53. The third-order valence-electron chi connectivity index (χ3n) is 3.58. The molecule has 0 saturated carbocycles. The maximum absolute atomic E-state index is 13.9. The zero-order valence-corrected chi connectivity index (χ0v) is 13.0. The fourth-order valence-corrected chi connectivity index (χ4v) is 2.53. The second kappa shape index (κ2) is 9.29. The van der Waals surface area contributed by atoms with Crippen molar-refractivity contribution >= 4 is 5.91 Å². The Morgan fingerprint density at radius 2 is 2.15 bits per heavy atom. The molecule has 0 aromatic rings. The van der Waals surface area contributed by atoms with Crippen LogP contribution in [0.4, 0.5) is 4.39 Å². The Balaban J connectivity index is 2.07. The zero-order chi connectivity index (χ0) is 15.0. The lowest BCUT2D eigenvalue weighted by atomic mass is 10.0. The van der Waals surface area contributed by atoms with Crippen LogP contribution in [-0.4, -0.2) is 55.4 Å². The lowest BCUT2D eigenvalue weighted by molar-refractivity contribution is -0.120. The molecule has 20 heavy (non-hydrogen) atoms. The molecular weight excluding hydrogens is 259 g/mol. The van der Waals surface area contributed by atoms with Gasteiger partial charge in [0.2, 0.25) is 5.91 Å². The Kier molecular flexibility index (Phi) is 8.07. The summed E-state index contributed by atoms with van der Waals surface area (Å²) < 4.78 is 19.4. The standard InChI is InChI=1S/C15H29FN2O2/c1-12(2)20-10-6-4-5-8-18-9-7-15(14(16)11-18)17-13(3)19/h12,14-15H,4-11H2,1-3H3,(H,17,19). The molecule has 0 aromatic heterocycles. The number of nitrogens with zero attached hydrogens (tertiary/aromatic N) is 1. The molecule has 1 aliphatic heterocycles. The first-order chi connectivity index (χ1) is 9.49. The van der Waals surface area contributed by atoms with Crippen molar-refractivity contribution in [3.05, 3.63) is 0 Å². The predicted molar refractivity (Wildman–Crippen MR) is 78.5 cm³/mol. The fraction of sp³-hybridized carbons (Fsp3) is 0.933. The summed E-state index contributed by atoms with van der Waals surface area (Å²) in [5.74, 6) is -0.142. The monoisotopic (exact) mass is 288 g/mol. The van der Waals surface area contributed by atoms with Gasteiger partial charge in [-0.05, 0) is 46.1 Å². The van der Waals surface area contributed by atoms with Gasteiger partial charge in [-0.15, -0.1) is 0 Å². The minimum absolute atomic E-state index is 0.142. The van der Waals surface area contributed by atoms with Crippen molar-refractivity contribution in [2.75, 3.05) is 26.2 Å². The van der Waals surface area contributed by atoms with E-state index in [1.807, 2.05) is 13.8 Å². The van der Waals surface area contributed by atoms with Crippen molar-refractivity contribution in [3.63, 3.8) is 0 Å². The number of amides is 1. The normalized spacial score (nSPS) is 24.1. The number of piperidine rings is 1. The molecule has 4 nitrogen and oxygen atoms in total. The molecule has 1 aliphatic rings. The zero-order valence-electron chi connectivity index (χ0n) is 13.0. The Hall–Kier alpha value is -0.680. The number of carbonyl (C=O) groups excluding carboxylic acids is 1. The van der Waals surface area contributed by atoms with E-state index in [-0.39, 0.29) is 11.9 Å². The molecule has 1 rings (SSSR count). The molecule has 2 atom stereocenters. The van der Waals surface area contributed by atoms with Gasteiger partial charge in [0.25, 0.3) is 0 Å². The average Bonchev–Trinajstić information content (AvgIpc) is 2.36. The third kappa shape index (κ3) is 7.20. The summed E-state index contributed by atoms with van der Waals surface area (Å²) in [6.07, 6.45) is 3.33. The van der Waals surface area contributed by atoms with E-state index >= 15 is 0 Å². The summed E-state index contributed by atoms with van der Waals surface area (Å²) in [7, 11) is 0. The van der Waals surface area contributed by atoms with E-state index < -0.39 is 6.17 Å². The largest absolute Gasteiger partial charge is 0.379 e. The van der Waals surface area contributed by atoms with E-state index in [2.05, 4.69) is 10.2 Å². The molecule has 5 heteroatoms. The van der Waals surface area contributed by atoms with Crippen LogP contribution in [0.25, 0.3) is 0 Å². The van der Waals surface area contributed by atoms with Crippen LogP contribution in [0.15, 0.2) is 0 Å². The number of nitrogens with one attached hydrogen (secondary N) is 1. The van der Waals surface area contributed by atoms with Gasteiger partial charge >= 0.3 is 0 Å². The number of rotatable bonds is 8. The van der Waals surface area contributed by atoms with Crippen molar-refractivity contribution in [2.45, 2.75) is 64.8 Å². The Bertz CT molecular complexity index is 287. The summed E-state index contributed by atoms with van der Waals surface area (Å²) in [5.41, 5.74) is 0. The van der Waals surface area contributed by atoms with Gasteiger partial charge in [-0.25, -0.2) is 4.39 Å². The highest BCUT2D eigenvalue weighted by Crippen LogP contribution is 2.15. The molecule has 0 bridgehead atoms. The lowest BCUT2D eigenvalue weighted by Crippen LogP contribution is -2.52. The van der Waals surface area contributed by atoms with Gasteiger partial charge in [0.15, 0.2) is 0 Å². The first kappa shape index (κ1) is 17.4. The van der Waals surface area contributed by atoms with E-state index in [1.165, 1.54) is 6.92 Å². The minimum atomic E-state index is -0.947. The number of halogens is 1. The van der Waals surface area contributed by atoms with Crippen LogP contribution < -0.4 is 5.32 Å². The van der Waals surface area contributed by atoms with Crippen molar-refractivity contribution in [3.8, 4) is 0 Å². The summed E-state index contributed by atoms with van der Waals surface area (Å²) in [4.78, 5) is 13.1. The average molecular weight is 288 g/mol. The molecule has 118 valence electrons. The maximum atomic E-state index is 13.9. The van der Waals surface area contributed by atoms with Gasteiger partial charge in [0.05, 0.1) is 12.1 Å². The van der Waals surface area contributed by atoms with Gasteiger partial charge in [-0.1, -0.05) is 0 Å². The Labute approximate surface area is 122 Å². The SMILES string of the molecule is CC(=O)NC1CCN(CCCCCOC(C)C)CC1F. The molecule has 0 radical (unpaired) electrons. The number of hydrogen-bond acceptors (Lipinski definition) is 3.